The number of hydrogen-bond acceptors (Lipinski definition) is 4. The van der Waals surface area contributed by atoms with Crippen LogP contribution in [0.5, 0.6) is 5.75 Å². The highest BCUT2D eigenvalue weighted by atomic mass is 19.1. The highest BCUT2D eigenvalue weighted by Gasteiger charge is 2.08. The lowest BCUT2D eigenvalue weighted by atomic mass is 10.0. The van der Waals surface area contributed by atoms with Crippen LogP contribution in [0.4, 0.5) is 10.2 Å². The van der Waals surface area contributed by atoms with Gasteiger partial charge in [-0.25, -0.2) is 9.37 Å². The fourth-order valence-electron chi connectivity index (χ4n) is 2.77. The number of anilines is 1. The third-order valence-corrected chi connectivity index (χ3v) is 4.32. The van der Waals surface area contributed by atoms with Crippen LogP contribution in [-0.2, 0) is 11.2 Å². The monoisotopic (exact) mass is 432 g/mol. The molecule has 1 heterocycles. The predicted octanol–water partition coefficient (Wildman–Crippen LogP) is 6.72. The normalized spacial score (nSPS) is 12.7. The first-order valence-corrected chi connectivity index (χ1v) is 10.2. The molecule has 0 bridgehead atoms. The minimum atomic E-state index is -0.293. The molecule has 0 aliphatic carbocycles. The predicted molar refractivity (Wildman–Crippen MR) is 130 cm³/mol. The van der Waals surface area contributed by atoms with Gasteiger partial charge in [0.25, 0.3) is 0 Å². The Morgan fingerprint density at radius 1 is 1.19 bits per heavy atom. The number of aromatic nitrogens is 1. The number of benzene rings is 1. The number of halogens is 1. The Morgan fingerprint density at radius 2 is 1.94 bits per heavy atom. The molecular formula is C27H29FN2O2. The van der Waals surface area contributed by atoms with Crippen molar-refractivity contribution in [3.8, 4) is 5.75 Å². The molecule has 1 aromatic carbocycles. The van der Waals surface area contributed by atoms with Crippen molar-refractivity contribution in [3.63, 3.8) is 0 Å². The van der Waals surface area contributed by atoms with Gasteiger partial charge in [-0.1, -0.05) is 37.4 Å². The number of allylic oxidation sites excluding steroid dienone is 7. The van der Waals surface area contributed by atoms with Crippen LogP contribution in [0.25, 0.3) is 5.76 Å². The van der Waals surface area contributed by atoms with E-state index in [1.807, 2.05) is 43.3 Å². The Kier molecular flexibility index (Phi) is 9.72. The highest BCUT2D eigenvalue weighted by molar-refractivity contribution is 5.70. The third kappa shape index (κ3) is 8.11. The number of ether oxygens (including phenoxy) is 2. The zero-order valence-electron chi connectivity index (χ0n) is 18.6. The van der Waals surface area contributed by atoms with Crippen molar-refractivity contribution < 1.29 is 13.9 Å². The molecule has 0 aliphatic rings. The van der Waals surface area contributed by atoms with E-state index in [0.29, 0.717) is 30.2 Å². The lowest BCUT2D eigenvalue weighted by Crippen LogP contribution is -1.99. The molecule has 0 radical (unpaired) electrons. The molecule has 0 atom stereocenters. The van der Waals surface area contributed by atoms with E-state index in [2.05, 4.69) is 18.1 Å². The average Bonchev–Trinajstić information content (AvgIpc) is 2.77. The second kappa shape index (κ2) is 12.7. The molecule has 0 unspecified atom stereocenters. The van der Waals surface area contributed by atoms with Crippen LogP contribution in [0.1, 0.15) is 25.0 Å². The van der Waals surface area contributed by atoms with Gasteiger partial charge in [-0.3, -0.25) is 0 Å². The molecular weight excluding hydrogens is 403 g/mol. The maximum atomic E-state index is 13.4. The standard InChI is InChI=1S/C27H29FN2O2/c1-5-8-23(28)13-10-20(3)19-32-24-14-11-22(12-15-24)17-21(4)18-26(31-6-2)25-9-7-16-30-27(25)29/h5-16,18H,2,4,17,19H2,1,3H3,(H2,29,30)/b8-5+,20-10+,23-13+,26-18-. The van der Waals surface area contributed by atoms with E-state index in [-0.39, 0.29) is 5.83 Å². The summed E-state index contributed by atoms with van der Waals surface area (Å²) in [5.74, 6) is 1.36. The molecule has 0 saturated carbocycles. The van der Waals surface area contributed by atoms with Gasteiger partial charge in [0.05, 0.1) is 11.8 Å². The van der Waals surface area contributed by atoms with Gasteiger partial charge in [-0.15, -0.1) is 0 Å². The summed E-state index contributed by atoms with van der Waals surface area (Å²) < 4.78 is 24.7. The van der Waals surface area contributed by atoms with E-state index in [0.717, 1.165) is 22.5 Å². The fourth-order valence-corrected chi connectivity index (χ4v) is 2.77. The summed E-state index contributed by atoms with van der Waals surface area (Å²) in [6.07, 6.45) is 11.6. The maximum absolute atomic E-state index is 13.4. The first-order valence-electron chi connectivity index (χ1n) is 10.2. The quantitative estimate of drug-likeness (QED) is 0.316. The largest absolute Gasteiger partial charge is 0.489 e. The van der Waals surface area contributed by atoms with Crippen molar-refractivity contribution >= 4 is 11.6 Å². The Balaban J connectivity index is 1.99. The molecule has 1 aromatic heterocycles. The lowest BCUT2D eigenvalue weighted by Gasteiger charge is -2.10. The van der Waals surface area contributed by atoms with Crippen LogP contribution in [0.3, 0.4) is 0 Å². The third-order valence-electron chi connectivity index (χ3n) is 4.32. The van der Waals surface area contributed by atoms with E-state index in [4.69, 9.17) is 15.2 Å². The van der Waals surface area contributed by atoms with Crippen LogP contribution in [0.15, 0.2) is 109 Å². The summed E-state index contributed by atoms with van der Waals surface area (Å²) in [5, 5.41) is 0. The van der Waals surface area contributed by atoms with E-state index in [9.17, 15) is 4.39 Å². The molecule has 32 heavy (non-hydrogen) atoms. The first-order chi connectivity index (χ1) is 15.4. The van der Waals surface area contributed by atoms with Crippen LogP contribution in [-0.4, -0.2) is 11.6 Å². The van der Waals surface area contributed by atoms with E-state index in [1.165, 1.54) is 18.4 Å². The van der Waals surface area contributed by atoms with Crippen LogP contribution in [0.2, 0.25) is 0 Å². The van der Waals surface area contributed by atoms with Gasteiger partial charge in [0.1, 0.15) is 29.8 Å². The Hall–Kier alpha value is -3.86. The summed E-state index contributed by atoms with van der Waals surface area (Å²) in [5.41, 5.74) is 9.46. The van der Waals surface area contributed by atoms with E-state index in [1.54, 1.807) is 31.3 Å². The van der Waals surface area contributed by atoms with Crippen molar-refractivity contribution in [3.05, 3.63) is 120 Å². The lowest BCUT2D eigenvalue weighted by molar-refractivity contribution is 0.352. The molecule has 2 N–H and O–H groups in total. The van der Waals surface area contributed by atoms with Gasteiger partial charge in [-0.05, 0) is 79.5 Å². The summed E-state index contributed by atoms with van der Waals surface area (Å²) >= 11 is 0. The number of rotatable bonds is 11. The van der Waals surface area contributed by atoms with Gasteiger partial charge >= 0.3 is 0 Å². The summed E-state index contributed by atoms with van der Waals surface area (Å²) in [7, 11) is 0. The number of hydrogen-bond donors (Lipinski definition) is 1. The molecule has 0 amide bonds. The number of nitrogens with zero attached hydrogens (tertiary/aromatic N) is 1. The molecule has 0 saturated heterocycles. The zero-order valence-corrected chi connectivity index (χ0v) is 18.6. The van der Waals surface area contributed by atoms with Crippen LogP contribution < -0.4 is 10.5 Å². The zero-order chi connectivity index (χ0) is 23.3. The number of nitrogen functional groups attached to an aromatic ring is 1. The maximum Gasteiger partial charge on any atom is 0.137 e. The smallest absolute Gasteiger partial charge is 0.137 e. The first kappa shape index (κ1) is 24.4. The van der Waals surface area contributed by atoms with E-state index < -0.39 is 0 Å². The van der Waals surface area contributed by atoms with Crippen molar-refractivity contribution in [2.75, 3.05) is 12.3 Å². The van der Waals surface area contributed by atoms with Gasteiger partial charge in [0.2, 0.25) is 0 Å². The van der Waals surface area contributed by atoms with Crippen molar-refractivity contribution in [1.82, 2.24) is 4.98 Å². The van der Waals surface area contributed by atoms with Crippen LogP contribution in [0, 0.1) is 0 Å². The summed E-state index contributed by atoms with van der Waals surface area (Å²) in [6, 6.07) is 11.4. The Labute approximate surface area is 189 Å². The minimum Gasteiger partial charge on any atom is -0.489 e. The van der Waals surface area contributed by atoms with Crippen LogP contribution >= 0.6 is 0 Å². The van der Waals surface area contributed by atoms with Crippen molar-refractivity contribution in [2.24, 2.45) is 0 Å². The molecule has 0 fully saturated rings. The molecule has 166 valence electrons. The molecule has 4 nitrogen and oxygen atoms in total. The summed E-state index contributed by atoms with van der Waals surface area (Å²) in [4.78, 5) is 4.09. The van der Waals surface area contributed by atoms with Gasteiger partial charge in [0.15, 0.2) is 0 Å². The van der Waals surface area contributed by atoms with Crippen molar-refractivity contribution in [1.29, 1.82) is 0 Å². The van der Waals surface area contributed by atoms with Gasteiger partial charge < -0.3 is 15.2 Å². The molecule has 5 heteroatoms. The summed E-state index contributed by atoms with van der Waals surface area (Å²) in [6.45, 7) is 11.8. The minimum absolute atomic E-state index is 0.293. The van der Waals surface area contributed by atoms with E-state index >= 15 is 0 Å². The Morgan fingerprint density at radius 3 is 2.59 bits per heavy atom. The second-order valence-corrected chi connectivity index (χ2v) is 7.06. The number of nitrogens with two attached hydrogens (primary N) is 1. The molecule has 2 rings (SSSR count). The topological polar surface area (TPSA) is 57.4 Å². The average molecular weight is 433 g/mol. The van der Waals surface area contributed by atoms with Crippen molar-refractivity contribution in [2.45, 2.75) is 20.3 Å². The van der Waals surface area contributed by atoms with Gasteiger partial charge in [-0.2, -0.15) is 0 Å². The Bertz CT molecular complexity index is 1050. The SMILES string of the molecule is C=CO/C(=C\C(=C)Cc1ccc(OC/C(C)=C/C=C(F)\C=C\C)cc1)c1cccnc1N. The fraction of sp³-hybridized carbons (Fsp3) is 0.148. The number of pyridine rings is 1. The highest BCUT2D eigenvalue weighted by Crippen LogP contribution is 2.23. The molecule has 2 aromatic rings. The molecule has 0 spiro atoms. The second-order valence-electron chi connectivity index (χ2n) is 7.06. The molecule has 0 aliphatic heterocycles. The van der Waals surface area contributed by atoms with Gasteiger partial charge in [0, 0.05) is 6.20 Å².